The van der Waals surface area contributed by atoms with Crippen LogP contribution in [0.25, 0.3) is 0 Å². The molecular formula is C21H24O4. The summed E-state index contributed by atoms with van der Waals surface area (Å²) >= 11 is 0. The first-order valence-electron chi connectivity index (χ1n) is 8.59. The van der Waals surface area contributed by atoms with Crippen molar-refractivity contribution in [1.82, 2.24) is 0 Å². The molecule has 0 saturated carbocycles. The first-order chi connectivity index (χ1) is 12.2. The largest absolute Gasteiger partial charge is 0.370 e. The molecule has 4 nitrogen and oxygen atoms in total. The Bertz CT molecular complexity index is 607. The highest BCUT2D eigenvalue weighted by atomic mass is 16.5. The first-order valence-corrected chi connectivity index (χ1v) is 8.59. The fourth-order valence-electron chi connectivity index (χ4n) is 2.67. The van der Waals surface area contributed by atoms with Crippen molar-refractivity contribution in [2.24, 2.45) is 0 Å². The van der Waals surface area contributed by atoms with Crippen LogP contribution in [0.1, 0.15) is 41.0 Å². The second-order valence-corrected chi connectivity index (χ2v) is 5.58. The SMILES string of the molecule is CCO[C@H](C[C@@H](OCC)C(=O)c1ccccc1)C(=O)c1ccccc1. The third-order valence-corrected chi connectivity index (χ3v) is 3.87. The second-order valence-electron chi connectivity index (χ2n) is 5.58. The van der Waals surface area contributed by atoms with Gasteiger partial charge in [0.25, 0.3) is 0 Å². The predicted octanol–water partition coefficient (Wildman–Crippen LogP) is 3.95. The molecule has 0 saturated heterocycles. The highest BCUT2D eigenvalue weighted by Gasteiger charge is 2.29. The van der Waals surface area contributed by atoms with Gasteiger partial charge >= 0.3 is 0 Å². The standard InChI is InChI=1S/C21H24O4/c1-3-24-18(20(22)16-11-7-5-8-12-16)15-19(25-4-2)21(23)17-13-9-6-10-14-17/h5-14,18-19H,3-4,15H2,1-2H3/t18-,19-/m1/s1. The zero-order valence-corrected chi connectivity index (χ0v) is 14.7. The minimum atomic E-state index is -0.711. The van der Waals surface area contributed by atoms with Gasteiger partial charge in [0.2, 0.25) is 0 Å². The lowest BCUT2D eigenvalue weighted by Gasteiger charge is -2.22. The summed E-state index contributed by atoms with van der Waals surface area (Å²) in [5.41, 5.74) is 1.15. The topological polar surface area (TPSA) is 52.6 Å². The molecule has 0 bridgehead atoms. The van der Waals surface area contributed by atoms with E-state index < -0.39 is 12.2 Å². The number of benzene rings is 2. The Morgan fingerprint density at radius 2 is 1.08 bits per heavy atom. The Morgan fingerprint density at radius 1 is 0.720 bits per heavy atom. The average Bonchev–Trinajstić information content (AvgIpc) is 2.67. The van der Waals surface area contributed by atoms with E-state index in [9.17, 15) is 9.59 Å². The molecule has 2 aromatic rings. The number of rotatable bonds is 10. The molecule has 0 aliphatic carbocycles. The summed E-state index contributed by atoms with van der Waals surface area (Å²) in [6.07, 6.45) is -1.23. The van der Waals surface area contributed by atoms with Gasteiger partial charge in [-0.3, -0.25) is 9.59 Å². The van der Waals surface area contributed by atoms with E-state index in [-0.39, 0.29) is 18.0 Å². The van der Waals surface area contributed by atoms with Crippen LogP contribution in [0.3, 0.4) is 0 Å². The van der Waals surface area contributed by atoms with E-state index in [0.29, 0.717) is 24.3 Å². The zero-order valence-electron chi connectivity index (χ0n) is 14.7. The third kappa shape index (κ3) is 5.34. The van der Waals surface area contributed by atoms with Crippen LogP contribution in [0, 0.1) is 0 Å². The van der Waals surface area contributed by atoms with Crippen LogP contribution in [-0.4, -0.2) is 37.0 Å². The van der Waals surface area contributed by atoms with Gasteiger partial charge in [-0.05, 0) is 13.8 Å². The lowest BCUT2D eigenvalue weighted by atomic mass is 9.96. The van der Waals surface area contributed by atoms with E-state index in [0.717, 1.165) is 0 Å². The molecule has 25 heavy (non-hydrogen) atoms. The first kappa shape index (κ1) is 19.0. The third-order valence-electron chi connectivity index (χ3n) is 3.87. The molecule has 0 fully saturated rings. The van der Waals surface area contributed by atoms with Gasteiger partial charge in [0.05, 0.1) is 0 Å². The van der Waals surface area contributed by atoms with Crippen LogP contribution in [0.15, 0.2) is 60.7 Å². The van der Waals surface area contributed by atoms with E-state index >= 15 is 0 Å². The van der Waals surface area contributed by atoms with Crippen molar-refractivity contribution in [3.63, 3.8) is 0 Å². The Morgan fingerprint density at radius 3 is 1.40 bits per heavy atom. The zero-order chi connectivity index (χ0) is 18.1. The molecule has 4 heteroatoms. The number of hydrogen-bond donors (Lipinski definition) is 0. The van der Waals surface area contributed by atoms with Crippen molar-refractivity contribution in [2.45, 2.75) is 32.5 Å². The normalized spacial score (nSPS) is 13.2. The van der Waals surface area contributed by atoms with Crippen molar-refractivity contribution in [3.8, 4) is 0 Å². The van der Waals surface area contributed by atoms with Crippen LogP contribution < -0.4 is 0 Å². The van der Waals surface area contributed by atoms with E-state index in [1.807, 2.05) is 50.2 Å². The number of ketones is 2. The van der Waals surface area contributed by atoms with Crippen molar-refractivity contribution < 1.29 is 19.1 Å². The van der Waals surface area contributed by atoms with E-state index in [4.69, 9.17) is 9.47 Å². The maximum Gasteiger partial charge on any atom is 0.191 e. The summed E-state index contributed by atoms with van der Waals surface area (Å²) < 4.78 is 11.3. The summed E-state index contributed by atoms with van der Waals surface area (Å²) in [6.45, 7) is 4.45. The molecule has 0 N–H and O–H groups in total. The van der Waals surface area contributed by atoms with E-state index in [1.54, 1.807) is 24.3 Å². The molecule has 2 aromatic carbocycles. The molecule has 0 aromatic heterocycles. The minimum absolute atomic E-state index is 0.131. The monoisotopic (exact) mass is 340 g/mol. The van der Waals surface area contributed by atoms with Gasteiger partial charge in [-0.25, -0.2) is 0 Å². The van der Waals surface area contributed by atoms with Gasteiger partial charge in [-0.15, -0.1) is 0 Å². The predicted molar refractivity (Wildman–Crippen MR) is 97.0 cm³/mol. The van der Waals surface area contributed by atoms with Crippen LogP contribution in [0.5, 0.6) is 0 Å². The van der Waals surface area contributed by atoms with Gasteiger partial charge in [-0.2, -0.15) is 0 Å². The smallest absolute Gasteiger partial charge is 0.191 e. The highest BCUT2D eigenvalue weighted by molar-refractivity contribution is 6.02. The van der Waals surface area contributed by atoms with Gasteiger partial charge < -0.3 is 9.47 Å². The number of carbonyl (C=O) groups is 2. The molecule has 0 radical (unpaired) electrons. The van der Waals surface area contributed by atoms with Crippen molar-refractivity contribution in [3.05, 3.63) is 71.8 Å². The maximum absolute atomic E-state index is 12.7. The van der Waals surface area contributed by atoms with Crippen LogP contribution in [-0.2, 0) is 9.47 Å². The minimum Gasteiger partial charge on any atom is -0.370 e. The van der Waals surface area contributed by atoms with E-state index in [2.05, 4.69) is 0 Å². The van der Waals surface area contributed by atoms with Crippen LogP contribution in [0.4, 0.5) is 0 Å². The summed E-state index contributed by atoms with van der Waals surface area (Å²) in [5, 5.41) is 0. The number of Topliss-reactive ketones (excluding diaryl/α,β-unsaturated/α-hetero) is 2. The molecule has 0 heterocycles. The highest BCUT2D eigenvalue weighted by Crippen LogP contribution is 2.17. The fourth-order valence-corrected chi connectivity index (χ4v) is 2.67. The second kappa shape index (κ2) is 9.87. The maximum atomic E-state index is 12.7. The van der Waals surface area contributed by atoms with Crippen molar-refractivity contribution in [2.75, 3.05) is 13.2 Å². The van der Waals surface area contributed by atoms with Gasteiger partial charge in [0.15, 0.2) is 11.6 Å². The Kier molecular flexibility index (Phi) is 7.51. The lowest BCUT2D eigenvalue weighted by Crippen LogP contribution is -2.35. The molecule has 2 rings (SSSR count). The van der Waals surface area contributed by atoms with Gasteiger partial charge in [0.1, 0.15) is 12.2 Å². The lowest BCUT2D eigenvalue weighted by molar-refractivity contribution is 0.00133. The molecule has 0 unspecified atom stereocenters. The van der Waals surface area contributed by atoms with Crippen molar-refractivity contribution >= 4 is 11.6 Å². The summed E-state index contributed by atoms with van der Waals surface area (Å²) in [7, 11) is 0. The quantitative estimate of drug-likeness (QED) is 0.615. The van der Waals surface area contributed by atoms with E-state index in [1.165, 1.54) is 0 Å². The Labute approximate surface area is 148 Å². The van der Waals surface area contributed by atoms with Crippen LogP contribution >= 0.6 is 0 Å². The number of carbonyl (C=O) groups excluding carboxylic acids is 2. The Hall–Kier alpha value is -2.30. The molecule has 0 aliphatic heterocycles. The van der Waals surface area contributed by atoms with Crippen LogP contribution in [0.2, 0.25) is 0 Å². The fraction of sp³-hybridized carbons (Fsp3) is 0.333. The van der Waals surface area contributed by atoms with Gasteiger partial charge in [-0.1, -0.05) is 60.7 Å². The number of ether oxygens (including phenoxy) is 2. The van der Waals surface area contributed by atoms with Gasteiger partial charge in [0, 0.05) is 30.8 Å². The molecule has 0 spiro atoms. The Balaban J connectivity index is 2.18. The molecule has 0 amide bonds. The molecule has 132 valence electrons. The molecule has 2 atom stereocenters. The van der Waals surface area contributed by atoms with Crippen molar-refractivity contribution in [1.29, 1.82) is 0 Å². The summed E-state index contributed by atoms with van der Waals surface area (Å²) in [6, 6.07) is 18.0. The molecule has 0 aliphatic rings. The average molecular weight is 340 g/mol. The number of hydrogen-bond acceptors (Lipinski definition) is 4. The summed E-state index contributed by atoms with van der Waals surface area (Å²) in [4.78, 5) is 25.5. The summed E-state index contributed by atoms with van der Waals surface area (Å²) in [5.74, 6) is -0.263. The molecular weight excluding hydrogens is 316 g/mol.